The fourth-order valence-electron chi connectivity index (χ4n) is 4.28. The smallest absolute Gasteiger partial charge is 0.253 e. The lowest BCUT2D eigenvalue weighted by molar-refractivity contribution is -0.124. The van der Waals surface area contributed by atoms with Crippen molar-refractivity contribution in [3.8, 4) is 5.75 Å². The summed E-state index contributed by atoms with van der Waals surface area (Å²) in [5.41, 5.74) is 1.05. The minimum atomic E-state index is -0.752. The molecule has 1 saturated heterocycles. The Morgan fingerprint density at radius 1 is 1.00 bits per heavy atom. The van der Waals surface area contributed by atoms with Crippen LogP contribution in [-0.2, 0) is 11.3 Å². The van der Waals surface area contributed by atoms with Gasteiger partial charge in [0.25, 0.3) is 11.8 Å². The third-order valence-corrected chi connectivity index (χ3v) is 6.24. The highest BCUT2D eigenvalue weighted by Crippen LogP contribution is 2.23. The van der Waals surface area contributed by atoms with Gasteiger partial charge >= 0.3 is 0 Å². The van der Waals surface area contributed by atoms with E-state index in [0.717, 1.165) is 0 Å². The number of nitrogens with one attached hydrogen (secondary N) is 2. The van der Waals surface area contributed by atoms with Crippen molar-refractivity contribution in [2.24, 2.45) is 5.92 Å². The largest absolute Gasteiger partial charge is 0.497 e. The lowest BCUT2D eigenvalue weighted by Crippen LogP contribution is -2.53. The van der Waals surface area contributed by atoms with Crippen LogP contribution in [0.25, 0.3) is 0 Å². The molecule has 2 aromatic carbocycles. The number of carbonyl (C=O) groups excluding carboxylic acids is 3. The molecular formula is C27H29N3O5. The van der Waals surface area contributed by atoms with E-state index >= 15 is 0 Å². The zero-order valence-corrected chi connectivity index (χ0v) is 19.6. The summed E-state index contributed by atoms with van der Waals surface area (Å²) in [5, 5.41) is 5.79. The van der Waals surface area contributed by atoms with E-state index in [9.17, 15) is 14.4 Å². The SMILES string of the molecule is COc1cccc(C(=O)NC(C(=O)NCc2ccco2)C2CCN(C(=O)c3ccccc3)CC2)c1. The molecule has 0 spiro atoms. The number of rotatable bonds is 8. The van der Waals surface area contributed by atoms with Gasteiger partial charge in [-0.1, -0.05) is 24.3 Å². The van der Waals surface area contributed by atoms with Gasteiger partial charge in [0.1, 0.15) is 17.6 Å². The Balaban J connectivity index is 1.45. The molecule has 0 saturated carbocycles. The fourth-order valence-corrected chi connectivity index (χ4v) is 4.28. The van der Waals surface area contributed by atoms with Gasteiger partial charge in [0.2, 0.25) is 5.91 Å². The first-order valence-electron chi connectivity index (χ1n) is 11.6. The number of nitrogens with zero attached hydrogens (tertiary/aromatic N) is 1. The molecule has 1 aromatic heterocycles. The highest BCUT2D eigenvalue weighted by Gasteiger charge is 2.34. The van der Waals surface area contributed by atoms with Crippen LogP contribution in [0.2, 0.25) is 0 Å². The highest BCUT2D eigenvalue weighted by molar-refractivity contribution is 5.98. The zero-order chi connectivity index (χ0) is 24.6. The maximum Gasteiger partial charge on any atom is 0.253 e. The molecule has 0 aliphatic carbocycles. The van der Waals surface area contributed by atoms with E-state index in [2.05, 4.69) is 10.6 Å². The molecule has 182 valence electrons. The third kappa shape index (κ3) is 6.09. The van der Waals surface area contributed by atoms with E-state index in [1.807, 2.05) is 18.2 Å². The maximum atomic E-state index is 13.2. The second kappa shape index (κ2) is 11.4. The van der Waals surface area contributed by atoms with Crippen molar-refractivity contribution in [3.63, 3.8) is 0 Å². The Labute approximate surface area is 204 Å². The number of likely N-dealkylation sites (tertiary alicyclic amines) is 1. The van der Waals surface area contributed by atoms with Gasteiger partial charge in [-0.3, -0.25) is 14.4 Å². The van der Waals surface area contributed by atoms with E-state index in [-0.39, 0.29) is 30.2 Å². The second-order valence-corrected chi connectivity index (χ2v) is 8.48. The average Bonchev–Trinajstić information content (AvgIpc) is 3.44. The molecule has 8 heteroatoms. The van der Waals surface area contributed by atoms with Gasteiger partial charge in [-0.15, -0.1) is 0 Å². The normalized spacial score (nSPS) is 14.7. The van der Waals surface area contributed by atoms with Crippen LogP contribution in [0.4, 0.5) is 0 Å². The number of hydrogen-bond acceptors (Lipinski definition) is 5. The van der Waals surface area contributed by atoms with Crippen LogP contribution in [0, 0.1) is 5.92 Å². The maximum absolute atomic E-state index is 13.2. The van der Waals surface area contributed by atoms with Crippen molar-refractivity contribution in [1.29, 1.82) is 0 Å². The van der Waals surface area contributed by atoms with Gasteiger partial charge in [-0.25, -0.2) is 0 Å². The molecule has 0 radical (unpaired) electrons. The summed E-state index contributed by atoms with van der Waals surface area (Å²) in [7, 11) is 1.53. The Kier molecular flexibility index (Phi) is 7.82. The van der Waals surface area contributed by atoms with Gasteiger partial charge in [0, 0.05) is 24.2 Å². The predicted molar refractivity (Wildman–Crippen MR) is 130 cm³/mol. The number of ether oxygens (including phenoxy) is 1. The van der Waals surface area contributed by atoms with Crippen molar-refractivity contribution in [3.05, 3.63) is 89.9 Å². The fraction of sp³-hybridized carbons (Fsp3) is 0.296. The number of amides is 3. The van der Waals surface area contributed by atoms with Crippen LogP contribution in [0.15, 0.2) is 77.4 Å². The molecular weight excluding hydrogens is 446 g/mol. The van der Waals surface area contributed by atoms with Gasteiger partial charge in [-0.05, 0) is 61.2 Å². The molecule has 1 atom stereocenters. The van der Waals surface area contributed by atoms with Crippen molar-refractivity contribution >= 4 is 17.7 Å². The molecule has 2 N–H and O–H groups in total. The van der Waals surface area contributed by atoms with Gasteiger partial charge in [0.15, 0.2) is 0 Å². The Hall–Kier alpha value is -4.07. The summed E-state index contributed by atoms with van der Waals surface area (Å²) in [5.74, 6) is 0.392. The first-order chi connectivity index (χ1) is 17.0. The molecule has 1 aliphatic heterocycles. The van der Waals surface area contributed by atoms with Crippen molar-refractivity contribution in [2.75, 3.05) is 20.2 Å². The quantitative estimate of drug-likeness (QED) is 0.521. The van der Waals surface area contributed by atoms with Crippen molar-refractivity contribution in [2.45, 2.75) is 25.4 Å². The molecule has 0 bridgehead atoms. The standard InChI is InChI=1S/C27H29N3O5/c1-34-22-10-5-9-21(17-22)25(31)29-24(26(32)28-18-23-11-6-16-35-23)19-12-14-30(15-13-19)27(33)20-7-3-2-4-8-20/h2-11,16-17,19,24H,12-15,18H2,1H3,(H,28,32)(H,29,31). The van der Waals surface area contributed by atoms with Gasteiger partial charge in [0.05, 0.1) is 19.9 Å². The van der Waals surface area contributed by atoms with Crippen LogP contribution >= 0.6 is 0 Å². The minimum Gasteiger partial charge on any atom is -0.497 e. The first-order valence-corrected chi connectivity index (χ1v) is 11.6. The molecule has 2 heterocycles. The number of piperidine rings is 1. The lowest BCUT2D eigenvalue weighted by atomic mass is 9.88. The Morgan fingerprint density at radius 2 is 1.74 bits per heavy atom. The predicted octanol–water partition coefficient (Wildman–Crippen LogP) is 3.26. The minimum absolute atomic E-state index is 0.0247. The number of furan rings is 1. The first kappa shape index (κ1) is 24.1. The van der Waals surface area contributed by atoms with E-state index in [0.29, 0.717) is 48.6 Å². The summed E-state index contributed by atoms with van der Waals surface area (Å²) in [6.45, 7) is 1.24. The molecule has 8 nitrogen and oxygen atoms in total. The van der Waals surface area contributed by atoms with Crippen LogP contribution < -0.4 is 15.4 Å². The van der Waals surface area contributed by atoms with Crippen LogP contribution in [-0.4, -0.2) is 48.9 Å². The zero-order valence-electron chi connectivity index (χ0n) is 19.6. The lowest BCUT2D eigenvalue weighted by Gasteiger charge is -2.35. The number of benzene rings is 2. The summed E-state index contributed by atoms with van der Waals surface area (Å²) in [6.07, 6.45) is 2.73. The van der Waals surface area contributed by atoms with Crippen LogP contribution in [0.5, 0.6) is 5.75 Å². The third-order valence-electron chi connectivity index (χ3n) is 6.24. The molecule has 3 aromatic rings. The Bertz CT molecular complexity index is 1140. The monoisotopic (exact) mass is 475 g/mol. The van der Waals surface area contributed by atoms with Crippen LogP contribution in [0.1, 0.15) is 39.3 Å². The number of methoxy groups -OCH3 is 1. The molecule has 4 rings (SSSR count). The molecule has 1 unspecified atom stereocenters. The summed E-state index contributed by atoms with van der Waals surface area (Å²) < 4.78 is 10.5. The topological polar surface area (TPSA) is 101 Å². The summed E-state index contributed by atoms with van der Waals surface area (Å²) >= 11 is 0. The Morgan fingerprint density at radius 3 is 2.43 bits per heavy atom. The molecule has 3 amide bonds. The summed E-state index contributed by atoms with van der Waals surface area (Å²) in [4.78, 5) is 40.8. The van der Waals surface area contributed by atoms with Crippen molar-refractivity contribution in [1.82, 2.24) is 15.5 Å². The molecule has 1 fully saturated rings. The van der Waals surface area contributed by atoms with E-state index in [1.54, 1.807) is 59.7 Å². The van der Waals surface area contributed by atoms with Gasteiger partial charge < -0.3 is 24.7 Å². The number of hydrogen-bond donors (Lipinski definition) is 2. The number of carbonyl (C=O) groups is 3. The highest BCUT2D eigenvalue weighted by atomic mass is 16.5. The average molecular weight is 476 g/mol. The van der Waals surface area contributed by atoms with E-state index < -0.39 is 6.04 Å². The molecule has 1 aliphatic rings. The molecule has 35 heavy (non-hydrogen) atoms. The van der Waals surface area contributed by atoms with E-state index in [1.165, 1.54) is 7.11 Å². The second-order valence-electron chi connectivity index (χ2n) is 8.48. The summed E-state index contributed by atoms with van der Waals surface area (Å²) in [6, 6.07) is 18.7. The van der Waals surface area contributed by atoms with Gasteiger partial charge in [-0.2, -0.15) is 0 Å². The van der Waals surface area contributed by atoms with Crippen LogP contribution in [0.3, 0.4) is 0 Å². The van der Waals surface area contributed by atoms with E-state index in [4.69, 9.17) is 9.15 Å². The van der Waals surface area contributed by atoms with Crippen molar-refractivity contribution < 1.29 is 23.5 Å².